The van der Waals surface area contributed by atoms with Gasteiger partial charge in [0.1, 0.15) is 18.2 Å². The molecule has 0 aliphatic carbocycles. The number of carbonyl (C=O) groups excluding carboxylic acids is 1. The Morgan fingerprint density at radius 3 is 2.52 bits per heavy atom. The maximum absolute atomic E-state index is 13.9. The molecule has 0 fully saturated rings. The van der Waals surface area contributed by atoms with Crippen molar-refractivity contribution < 1.29 is 18.7 Å². The molecule has 6 nitrogen and oxygen atoms in total. The van der Waals surface area contributed by atoms with E-state index in [9.17, 15) is 9.18 Å². The molecule has 0 radical (unpaired) electrons. The smallest absolute Gasteiger partial charge is 0.244 e. The minimum atomic E-state index is -0.475. The molecule has 0 aliphatic heterocycles. The van der Waals surface area contributed by atoms with Crippen LogP contribution in [0.15, 0.2) is 66.7 Å². The highest BCUT2D eigenvalue weighted by Gasteiger charge is 2.16. The summed E-state index contributed by atoms with van der Waals surface area (Å²) in [6.45, 7) is 0.0114. The number of carbonyl (C=O) groups is 1. The van der Waals surface area contributed by atoms with Gasteiger partial charge in [0, 0.05) is 6.42 Å². The van der Waals surface area contributed by atoms with Crippen molar-refractivity contribution in [1.82, 2.24) is 9.55 Å². The van der Waals surface area contributed by atoms with Crippen LogP contribution in [0.25, 0.3) is 11.0 Å². The monoisotopic (exact) mass is 419 g/mol. The summed E-state index contributed by atoms with van der Waals surface area (Å²) in [6.07, 6.45) is 0.488. The van der Waals surface area contributed by atoms with Gasteiger partial charge < -0.3 is 19.4 Å². The predicted molar refractivity (Wildman–Crippen MR) is 117 cm³/mol. The Morgan fingerprint density at radius 1 is 1.00 bits per heavy atom. The zero-order valence-corrected chi connectivity index (χ0v) is 17.3. The van der Waals surface area contributed by atoms with Crippen LogP contribution in [-0.2, 0) is 17.8 Å². The summed E-state index contributed by atoms with van der Waals surface area (Å²) in [5.74, 6) is 1.18. The van der Waals surface area contributed by atoms with Gasteiger partial charge >= 0.3 is 0 Å². The Hall–Kier alpha value is -3.87. The van der Waals surface area contributed by atoms with Crippen molar-refractivity contribution in [1.29, 1.82) is 0 Å². The number of halogens is 1. The largest absolute Gasteiger partial charge is 0.493 e. The zero-order valence-electron chi connectivity index (χ0n) is 17.3. The van der Waals surface area contributed by atoms with Crippen molar-refractivity contribution in [3.8, 4) is 11.5 Å². The Kier molecular flexibility index (Phi) is 5.84. The van der Waals surface area contributed by atoms with Gasteiger partial charge in [0.25, 0.3) is 0 Å². The van der Waals surface area contributed by atoms with E-state index in [-0.39, 0.29) is 18.1 Å². The third-order valence-corrected chi connectivity index (χ3v) is 4.99. The molecule has 0 aliphatic rings. The average Bonchev–Trinajstić information content (AvgIpc) is 3.12. The summed E-state index contributed by atoms with van der Waals surface area (Å²) in [4.78, 5) is 17.4. The van der Waals surface area contributed by atoms with Crippen molar-refractivity contribution >= 4 is 22.6 Å². The summed E-state index contributed by atoms with van der Waals surface area (Å²) in [7, 11) is 3.18. The lowest BCUT2D eigenvalue weighted by molar-refractivity contribution is -0.116. The molecule has 0 spiro atoms. The molecular weight excluding hydrogens is 397 g/mol. The van der Waals surface area contributed by atoms with Gasteiger partial charge in [-0.3, -0.25) is 4.79 Å². The Balaban J connectivity index is 1.65. The first-order valence-electron chi connectivity index (χ1n) is 9.78. The van der Waals surface area contributed by atoms with Crippen molar-refractivity contribution in [2.24, 2.45) is 0 Å². The Labute approximate surface area is 179 Å². The van der Waals surface area contributed by atoms with E-state index in [1.165, 1.54) is 12.1 Å². The van der Waals surface area contributed by atoms with Crippen LogP contribution in [-0.4, -0.2) is 29.7 Å². The van der Waals surface area contributed by atoms with Crippen LogP contribution >= 0.6 is 0 Å². The molecule has 0 atom stereocenters. The molecule has 1 N–H and O–H groups in total. The summed E-state index contributed by atoms with van der Waals surface area (Å²) in [5, 5.41) is 2.64. The number of para-hydroxylation sites is 3. The number of nitrogens with one attached hydrogen (secondary N) is 1. The molecule has 0 saturated carbocycles. The average molecular weight is 419 g/mol. The molecule has 0 saturated heterocycles. The van der Waals surface area contributed by atoms with E-state index in [2.05, 4.69) is 5.32 Å². The number of ether oxygens (including phenoxy) is 2. The van der Waals surface area contributed by atoms with Crippen molar-refractivity contribution in [2.45, 2.75) is 13.0 Å². The summed E-state index contributed by atoms with van der Waals surface area (Å²) in [6, 6.07) is 19.4. The van der Waals surface area contributed by atoms with Gasteiger partial charge in [-0.05, 0) is 42.0 Å². The molecule has 3 aromatic carbocycles. The highest BCUT2D eigenvalue weighted by molar-refractivity contribution is 5.91. The fourth-order valence-electron chi connectivity index (χ4n) is 3.51. The van der Waals surface area contributed by atoms with E-state index >= 15 is 0 Å². The third-order valence-electron chi connectivity index (χ3n) is 4.99. The lowest BCUT2D eigenvalue weighted by Crippen LogP contribution is -2.21. The molecule has 1 heterocycles. The Morgan fingerprint density at radius 2 is 1.74 bits per heavy atom. The number of nitrogens with zero attached hydrogens (tertiary/aromatic N) is 2. The van der Waals surface area contributed by atoms with Crippen molar-refractivity contribution in [2.75, 3.05) is 19.5 Å². The standard InChI is InChI=1S/C24H22FN3O3/c1-30-21-12-11-16(13-22(21)31-2)14-23-26-19-9-5-6-10-20(19)28(23)15-24(29)27-18-8-4-3-7-17(18)25/h3-13H,14-15H2,1-2H3,(H,27,29). The Bertz CT molecular complexity index is 1240. The number of aromatic nitrogens is 2. The first kappa shape index (κ1) is 20.4. The number of anilines is 1. The second-order valence-electron chi connectivity index (χ2n) is 7.00. The second kappa shape index (κ2) is 8.87. The van der Waals surface area contributed by atoms with Crippen LogP contribution in [0.1, 0.15) is 11.4 Å². The number of hydrogen-bond donors (Lipinski definition) is 1. The SMILES string of the molecule is COc1ccc(Cc2nc3ccccc3n2CC(=O)Nc2ccccc2F)cc1OC. The topological polar surface area (TPSA) is 65.4 Å². The van der Waals surface area contributed by atoms with E-state index in [0.29, 0.717) is 17.9 Å². The first-order chi connectivity index (χ1) is 15.1. The second-order valence-corrected chi connectivity index (χ2v) is 7.00. The van der Waals surface area contributed by atoms with E-state index in [1.54, 1.807) is 26.4 Å². The molecule has 1 amide bonds. The van der Waals surface area contributed by atoms with Gasteiger partial charge in [-0.1, -0.05) is 30.3 Å². The quantitative estimate of drug-likeness (QED) is 0.482. The van der Waals surface area contributed by atoms with E-state index in [1.807, 2.05) is 47.0 Å². The number of methoxy groups -OCH3 is 2. The molecule has 158 valence electrons. The van der Waals surface area contributed by atoms with Crippen molar-refractivity contribution in [3.63, 3.8) is 0 Å². The molecule has 0 unspecified atom stereocenters. The number of imidazole rings is 1. The van der Waals surface area contributed by atoms with Crippen LogP contribution < -0.4 is 14.8 Å². The van der Waals surface area contributed by atoms with Crippen LogP contribution in [0.3, 0.4) is 0 Å². The van der Waals surface area contributed by atoms with Gasteiger partial charge in [-0.2, -0.15) is 0 Å². The van der Waals surface area contributed by atoms with E-state index < -0.39 is 5.82 Å². The zero-order chi connectivity index (χ0) is 21.8. The van der Waals surface area contributed by atoms with Gasteiger partial charge in [0.2, 0.25) is 5.91 Å². The maximum atomic E-state index is 13.9. The van der Waals surface area contributed by atoms with Gasteiger partial charge in [-0.25, -0.2) is 9.37 Å². The lowest BCUT2D eigenvalue weighted by Gasteiger charge is -2.12. The van der Waals surface area contributed by atoms with Gasteiger partial charge in [0.05, 0.1) is 30.9 Å². The number of rotatable bonds is 7. The first-order valence-corrected chi connectivity index (χ1v) is 9.78. The number of benzene rings is 3. The fraction of sp³-hybridized carbons (Fsp3) is 0.167. The van der Waals surface area contributed by atoms with E-state index in [4.69, 9.17) is 14.5 Å². The van der Waals surface area contributed by atoms with Crippen LogP contribution in [0.5, 0.6) is 11.5 Å². The fourth-order valence-corrected chi connectivity index (χ4v) is 3.51. The molecule has 31 heavy (non-hydrogen) atoms. The molecule has 7 heteroatoms. The molecule has 4 aromatic rings. The lowest BCUT2D eigenvalue weighted by atomic mass is 10.1. The maximum Gasteiger partial charge on any atom is 0.244 e. The molecule has 0 bridgehead atoms. The van der Waals surface area contributed by atoms with Crippen LogP contribution in [0.2, 0.25) is 0 Å². The number of fused-ring (bicyclic) bond motifs is 1. The number of amides is 1. The normalized spacial score (nSPS) is 10.8. The summed E-state index contributed by atoms with van der Waals surface area (Å²) < 4.78 is 26.5. The van der Waals surface area contributed by atoms with E-state index in [0.717, 1.165) is 22.4 Å². The summed E-state index contributed by atoms with van der Waals surface area (Å²) in [5.41, 5.74) is 2.74. The summed E-state index contributed by atoms with van der Waals surface area (Å²) >= 11 is 0. The minimum Gasteiger partial charge on any atom is -0.493 e. The highest BCUT2D eigenvalue weighted by Crippen LogP contribution is 2.29. The minimum absolute atomic E-state index is 0.0114. The third kappa shape index (κ3) is 4.35. The predicted octanol–water partition coefficient (Wildman–Crippen LogP) is 4.42. The molecule has 4 rings (SSSR count). The van der Waals surface area contributed by atoms with Crippen LogP contribution in [0, 0.1) is 5.82 Å². The highest BCUT2D eigenvalue weighted by atomic mass is 19.1. The van der Waals surface area contributed by atoms with Gasteiger partial charge in [0.15, 0.2) is 11.5 Å². The molecular formula is C24H22FN3O3. The number of hydrogen-bond acceptors (Lipinski definition) is 4. The molecule has 1 aromatic heterocycles. The van der Waals surface area contributed by atoms with Crippen LogP contribution in [0.4, 0.5) is 10.1 Å². The van der Waals surface area contributed by atoms with Crippen molar-refractivity contribution in [3.05, 3.63) is 83.9 Å². The van der Waals surface area contributed by atoms with Gasteiger partial charge in [-0.15, -0.1) is 0 Å².